The van der Waals surface area contributed by atoms with Gasteiger partial charge in [-0.15, -0.1) is 11.3 Å². The molecule has 21 heavy (non-hydrogen) atoms. The van der Waals surface area contributed by atoms with E-state index in [-0.39, 0.29) is 5.91 Å². The smallest absolute Gasteiger partial charge is 0.261 e. The molecule has 2 aromatic rings. The van der Waals surface area contributed by atoms with E-state index in [0.29, 0.717) is 0 Å². The molecule has 0 aliphatic carbocycles. The van der Waals surface area contributed by atoms with Gasteiger partial charge in [0.25, 0.3) is 5.91 Å². The summed E-state index contributed by atoms with van der Waals surface area (Å²) in [6, 6.07) is 7.68. The van der Waals surface area contributed by atoms with Crippen LogP contribution < -0.4 is 11.1 Å². The Morgan fingerprint density at radius 2 is 2.05 bits per heavy atom. The van der Waals surface area contributed by atoms with Crippen molar-refractivity contribution in [2.24, 2.45) is 0 Å². The van der Waals surface area contributed by atoms with Crippen LogP contribution in [0.3, 0.4) is 0 Å². The summed E-state index contributed by atoms with van der Waals surface area (Å²) in [6.07, 6.45) is 3.91. The molecule has 4 nitrogen and oxygen atoms in total. The van der Waals surface area contributed by atoms with E-state index in [1.165, 1.54) is 30.6 Å². The number of thiophene rings is 1. The number of rotatable bonds is 4. The van der Waals surface area contributed by atoms with Gasteiger partial charge in [0.05, 0.1) is 4.88 Å². The molecule has 0 spiro atoms. The molecule has 1 aromatic heterocycles. The lowest BCUT2D eigenvalue weighted by molar-refractivity contribution is 0.0950. The number of benzene rings is 1. The molecule has 0 unspecified atom stereocenters. The van der Waals surface area contributed by atoms with Gasteiger partial charge in [-0.2, -0.15) is 0 Å². The first-order chi connectivity index (χ1) is 10.2. The van der Waals surface area contributed by atoms with Crippen LogP contribution in [0.5, 0.6) is 0 Å². The lowest BCUT2D eigenvalue weighted by Gasteiger charge is -2.26. The van der Waals surface area contributed by atoms with Crippen molar-refractivity contribution in [2.45, 2.75) is 19.3 Å². The van der Waals surface area contributed by atoms with E-state index in [9.17, 15) is 4.79 Å². The lowest BCUT2D eigenvalue weighted by Crippen LogP contribution is -2.37. The maximum absolute atomic E-state index is 12.2. The predicted octanol–water partition coefficient (Wildman–Crippen LogP) is 2.70. The third-order valence-corrected chi connectivity index (χ3v) is 5.04. The number of hydrogen-bond acceptors (Lipinski definition) is 4. The van der Waals surface area contributed by atoms with Gasteiger partial charge in [-0.25, -0.2) is 0 Å². The first kappa shape index (κ1) is 14.4. The summed E-state index contributed by atoms with van der Waals surface area (Å²) in [5, 5.41) is 4.06. The van der Waals surface area contributed by atoms with Gasteiger partial charge in [0.2, 0.25) is 0 Å². The fourth-order valence-corrected chi connectivity index (χ4v) is 3.73. The highest BCUT2D eigenvalue weighted by Gasteiger charge is 2.12. The summed E-state index contributed by atoms with van der Waals surface area (Å²) in [5.41, 5.74) is 6.50. The van der Waals surface area contributed by atoms with Crippen LogP contribution in [-0.2, 0) is 0 Å². The first-order valence-electron chi connectivity index (χ1n) is 7.52. The highest BCUT2D eigenvalue weighted by Crippen LogP contribution is 2.27. The number of nitrogens with one attached hydrogen (secondary N) is 1. The SMILES string of the molecule is Nc1ccc2sc(C(=O)NCCN3CCCCC3)cc2c1. The average molecular weight is 303 g/mol. The highest BCUT2D eigenvalue weighted by atomic mass is 32.1. The minimum absolute atomic E-state index is 0.0202. The highest BCUT2D eigenvalue weighted by molar-refractivity contribution is 7.20. The van der Waals surface area contributed by atoms with Crippen molar-refractivity contribution in [3.63, 3.8) is 0 Å². The molecule has 0 bridgehead atoms. The van der Waals surface area contributed by atoms with Gasteiger partial charge in [0.1, 0.15) is 0 Å². The van der Waals surface area contributed by atoms with Crippen LogP contribution in [0.4, 0.5) is 5.69 Å². The molecule has 1 aliphatic rings. The molecule has 0 saturated carbocycles. The van der Waals surface area contributed by atoms with E-state index >= 15 is 0 Å². The number of nitrogens with zero attached hydrogens (tertiary/aromatic N) is 1. The van der Waals surface area contributed by atoms with Crippen LogP contribution >= 0.6 is 11.3 Å². The maximum atomic E-state index is 12.2. The number of fused-ring (bicyclic) bond motifs is 1. The zero-order valence-electron chi connectivity index (χ0n) is 12.1. The van der Waals surface area contributed by atoms with Gasteiger partial charge in [-0.1, -0.05) is 6.42 Å². The Balaban J connectivity index is 1.56. The van der Waals surface area contributed by atoms with Crippen LogP contribution in [0.2, 0.25) is 0 Å². The summed E-state index contributed by atoms with van der Waals surface area (Å²) in [5.74, 6) is 0.0202. The Bertz CT molecular complexity index is 631. The van der Waals surface area contributed by atoms with E-state index < -0.39 is 0 Å². The number of nitrogen functional groups attached to an aromatic ring is 1. The van der Waals surface area contributed by atoms with Crippen LogP contribution in [0.25, 0.3) is 10.1 Å². The topological polar surface area (TPSA) is 58.4 Å². The van der Waals surface area contributed by atoms with Crippen molar-refractivity contribution in [2.75, 3.05) is 31.9 Å². The molecule has 1 amide bonds. The normalized spacial score (nSPS) is 16.2. The molecule has 1 fully saturated rings. The van der Waals surface area contributed by atoms with Gasteiger partial charge in [-0.05, 0) is 55.6 Å². The van der Waals surface area contributed by atoms with Gasteiger partial charge in [0, 0.05) is 23.5 Å². The Labute approximate surface area is 128 Å². The molecule has 3 N–H and O–H groups in total. The Hall–Kier alpha value is -1.59. The number of nitrogens with two attached hydrogens (primary N) is 1. The molecule has 2 heterocycles. The van der Waals surface area contributed by atoms with Crippen molar-refractivity contribution < 1.29 is 4.79 Å². The lowest BCUT2D eigenvalue weighted by atomic mass is 10.1. The van der Waals surface area contributed by atoms with Crippen molar-refractivity contribution >= 4 is 33.0 Å². The Morgan fingerprint density at radius 1 is 1.24 bits per heavy atom. The third kappa shape index (κ3) is 3.54. The minimum Gasteiger partial charge on any atom is -0.399 e. The molecule has 1 aromatic carbocycles. The molecular formula is C16H21N3OS. The molecule has 112 valence electrons. The largest absolute Gasteiger partial charge is 0.399 e. The monoisotopic (exact) mass is 303 g/mol. The van der Waals surface area contributed by atoms with Crippen molar-refractivity contribution in [1.82, 2.24) is 10.2 Å². The zero-order valence-corrected chi connectivity index (χ0v) is 12.9. The van der Waals surface area contributed by atoms with E-state index in [1.807, 2.05) is 24.3 Å². The zero-order chi connectivity index (χ0) is 14.7. The van der Waals surface area contributed by atoms with Crippen LogP contribution in [0.15, 0.2) is 24.3 Å². The van der Waals surface area contributed by atoms with Crippen molar-refractivity contribution in [1.29, 1.82) is 0 Å². The number of anilines is 1. The van der Waals surface area contributed by atoms with Crippen LogP contribution in [0, 0.1) is 0 Å². The maximum Gasteiger partial charge on any atom is 0.261 e. The number of likely N-dealkylation sites (tertiary alicyclic amines) is 1. The molecule has 0 atom stereocenters. The number of carbonyl (C=O) groups excluding carboxylic acids is 1. The van der Waals surface area contributed by atoms with Crippen LogP contribution in [-0.4, -0.2) is 37.0 Å². The fourth-order valence-electron chi connectivity index (χ4n) is 2.77. The quantitative estimate of drug-likeness (QED) is 0.854. The first-order valence-corrected chi connectivity index (χ1v) is 8.34. The second kappa shape index (κ2) is 6.45. The minimum atomic E-state index is 0.0202. The average Bonchev–Trinajstić information content (AvgIpc) is 2.91. The van der Waals surface area contributed by atoms with E-state index in [4.69, 9.17) is 5.73 Å². The van der Waals surface area contributed by atoms with Gasteiger partial charge in [0.15, 0.2) is 0 Å². The van der Waals surface area contributed by atoms with E-state index in [2.05, 4.69) is 10.2 Å². The summed E-state index contributed by atoms with van der Waals surface area (Å²) in [7, 11) is 0. The summed E-state index contributed by atoms with van der Waals surface area (Å²) in [4.78, 5) is 15.4. The van der Waals surface area contributed by atoms with Gasteiger partial charge >= 0.3 is 0 Å². The molecule has 0 radical (unpaired) electrons. The second-order valence-corrected chi connectivity index (χ2v) is 6.65. The van der Waals surface area contributed by atoms with E-state index in [0.717, 1.165) is 46.8 Å². The molecular weight excluding hydrogens is 282 g/mol. The Morgan fingerprint density at radius 3 is 2.86 bits per heavy atom. The summed E-state index contributed by atoms with van der Waals surface area (Å²) in [6.45, 7) is 3.99. The molecule has 3 rings (SSSR count). The fraction of sp³-hybridized carbons (Fsp3) is 0.438. The third-order valence-electron chi connectivity index (χ3n) is 3.93. The molecule has 5 heteroatoms. The standard InChI is InChI=1S/C16H21N3OS/c17-13-4-5-14-12(10-13)11-15(21-14)16(20)18-6-9-19-7-2-1-3-8-19/h4-5,10-11H,1-3,6-9,17H2,(H,18,20). The number of hydrogen-bond donors (Lipinski definition) is 2. The Kier molecular flexibility index (Phi) is 4.41. The number of amides is 1. The van der Waals surface area contributed by atoms with Crippen molar-refractivity contribution in [3.8, 4) is 0 Å². The summed E-state index contributed by atoms with van der Waals surface area (Å²) < 4.78 is 1.10. The molecule has 1 aliphatic heterocycles. The summed E-state index contributed by atoms with van der Waals surface area (Å²) >= 11 is 1.52. The van der Waals surface area contributed by atoms with Crippen LogP contribution in [0.1, 0.15) is 28.9 Å². The van der Waals surface area contributed by atoms with E-state index in [1.54, 1.807) is 0 Å². The van der Waals surface area contributed by atoms with Crippen molar-refractivity contribution in [3.05, 3.63) is 29.1 Å². The van der Waals surface area contributed by atoms with Gasteiger partial charge in [-0.3, -0.25) is 4.79 Å². The number of carbonyl (C=O) groups is 1. The molecule has 1 saturated heterocycles. The number of piperidine rings is 1. The second-order valence-electron chi connectivity index (χ2n) is 5.57. The van der Waals surface area contributed by atoms with Gasteiger partial charge < -0.3 is 16.0 Å². The predicted molar refractivity (Wildman–Crippen MR) is 88.9 cm³/mol.